The van der Waals surface area contributed by atoms with Crippen molar-refractivity contribution in [3.63, 3.8) is 0 Å². The molecule has 0 saturated carbocycles. The van der Waals surface area contributed by atoms with Gasteiger partial charge in [0.1, 0.15) is 5.75 Å². The average Bonchev–Trinajstić information content (AvgIpc) is 2.46. The molecule has 0 aliphatic rings. The largest absolute Gasteiger partial charge is 0.508 e. The lowest BCUT2D eigenvalue weighted by molar-refractivity contribution is 0.104. The fourth-order valence-corrected chi connectivity index (χ4v) is 2.63. The summed E-state index contributed by atoms with van der Waals surface area (Å²) in [7, 11) is 0. The highest BCUT2D eigenvalue weighted by Gasteiger charge is 2.04. The second-order valence-electron chi connectivity index (χ2n) is 4.92. The van der Waals surface area contributed by atoms with E-state index in [2.05, 4.69) is 0 Å². The van der Waals surface area contributed by atoms with Gasteiger partial charge in [-0.15, -0.1) is 11.8 Å². The smallest absolute Gasteiger partial charge is 0.185 e. The lowest BCUT2D eigenvalue weighted by Crippen LogP contribution is -1.94. The van der Waals surface area contributed by atoms with E-state index in [1.54, 1.807) is 30.0 Å². The number of ketones is 1. The van der Waals surface area contributed by atoms with Crippen LogP contribution in [0.1, 0.15) is 27.0 Å². The van der Waals surface area contributed by atoms with E-state index in [0.717, 1.165) is 21.6 Å². The molecule has 0 bridgehead atoms. The zero-order chi connectivity index (χ0) is 15.4. The Balaban J connectivity index is 2.22. The van der Waals surface area contributed by atoms with Crippen molar-refractivity contribution in [3.05, 3.63) is 64.7 Å². The van der Waals surface area contributed by atoms with Gasteiger partial charge in [-0.3, -0.25) is 4.79 Å². The van der Waals surface area contributed by atoms with E-state index in [4.69, 9.17) is 0 Å². The molecular formula is C18H18O2S. The highest BCUT2D eigenvalue weighted by molar-refractivity contribution is 7.98. The molecule has 2 nitrogen and oxygen atoms in total. The van der Waals surface area contributed by atoms with E-state index in [1.165, 1.54) is 0 Å². The number of thioether (sulfide) groups is 1. The van der Waals surface area contributed by atoms with Gasteiger partial charge in [-0.1, -0.05) is 6.08 Å². The zero-order valence-corrected chi connectivity index (χ0v) is 13.2. The molecule has 0 aliphatic carbocycles. The molecule has 2 aromatic rings. The van der Waals surface area contributed by atoms with Crippen molar-refractivity contribution < 1.29 is 9.90 Å². The number of rotatable bonds is 4. The number of carbonyl (C=O) groups excluding carboxylic acids is 1. The van der Waals surface area contributed by atoms with Gasteiger partial charge in [-0.05, 0) is 79.3 Å². The Labute approximate surface area is 129 Å². The third-order valence-electron chi connectivity index (χ3n) is 3.35. The number of hydrogen-bond acceptors (Lipinski definition) is 3. The van der Waals surface area contributed by atoms with Crippen LogP contribution in [0.4, 0.5) is 0 Å². The Kier molecular flexibility index (Phi) is 4.86. The molecular weight excluding hydrogens is 280 g/mol. The summed E-state index contributed by atoms with van der Waals surface area (Å²) in [5.74, 6) is 0.232. The minimum Gasteiger partial charge on any atom is -0.508 e. The van der Waals surface area contributed by atoms with Gasteiger partial charge in [0.25, 0.3) is 0 Å². The molecule has 0 spiro atoms. The molecule has 0 amide bonds. The number of benzene rings is 2. The predicted octanol–water partition coefficient (Wildman–Crippen LogP) is 4.63. The van der Waals surface area contributed by atoms with Crippen molar-refractivity contribution in [3.8, 4) is 5.75 Å². The normalized spacial score (nSPS) is 11.0. The Morgan fingerprint density at radius 3 is 2.19 bits per heavy atom. The van der Waals surface area contributed by atoms with E-state index in [-0.39, 0.29) is 11.5 Å². The van der Waals surface area contributed by atoms with Gasteiger partial charge in [-0.25, -0.2) is 0 Å². The van der Waals surface area contributed by atoms with Crippen LogP contribution in [-0.4, -0.2) is 17.1 Å². The summed E-state index contributed by atoms with van der Waals surface area (Å²) in [6.45, 7) is 3.84. The molecule has 2 rings (SSSR count). The van der Waals surface area contributed by atoms with Crippen LogP contribution in [0.25, 0.3) is 6.08 Å². The summed E-state index contributed by atoms with van der Waals surface area (Å²) < 4.78 is 0. The number of phenolic OH excluding ortho intramolecular Hbond substituents is 1. The Hall–Kier alpha value is -2.00. The maximum absolute atomic E-state index is 12.2. The second kappa shape index (κ2) is 6.64. The van der Waals surface area contributed by atoms with E-state index >= 15 is 0 Å². The molecule has 21 heavy (non-hydrogen) atoms. The van der Waals surface area contributed by atoms with Crippen molar-refractivity contribution in [1.82, 2.24) is 0 Å². The molecule has 0 aliphatic heterocycles. The van der Waals surface area contributed by atoms with E-state index in [1.807, 2.05) is 50.4 Å². The van der Waals surface area contributed by atoms with Crippen LogP contribution < -0.4 is 0 Å². The number of phenols is 1. The molecule has 3 heteroatoms. The highest BCUT2D eigenvalue weighted by atomic mass is 32.2. The molecule has 0 radical (unpaired) electrons. The summed E-state index contributed by atoms with van der Waals surface area (Å²) in [4.78, 5) is 13.3. The van der Waals surface area contributed by atoms with Crippen LogP contribution >= 0.6 is 11.8 Å². The van der Waals surface area contributed by atoms with Crippen molar-refractivity contribution in [2.24, 2.45) is 0 Å². The van der Waals surface area contributed by atoms with Crippen molar-refractivity contribution >= 4 is 23.6 Å². The zero-order valence-electron chi connectivity index (χ0n) is 12.4. The first kappa shape index (κ1) is 15.4. The average molecular weight is 298 g/mol. The molecule has 0 saturated heterocycles. The quantitative estimate of drug-likeness (QED) is 0.508. The number of allylic oxidation sites excluding steroid dienone is 1. The van der Waals surface area contributed by atoms with Gasteiger partial charge >= 0.3 is 0 Å². The highest BCUT2D eigenvalue weighted by Crippen LogP contribution is 2.22. The Morgan fingerprint density at radius 2 is 1.67 bits per heavy atom. The van der Waals surface area contributed by atoms with Gasteiger partial charge in [0.15, 0.2) is 5.78 Å². The van der Waals surface area contributed by atoms with Crippen molar-refractivity contribution in [1.29, 1.82) is 0 Å². The molecule has 0 atom stereocenters. The molecule has 108 valence electrons. The Bertz CT molecular complexity index is 662. The minimum atomic E-state index is -0.0190. The minimum absolute atomic E-state index is 0.0190. The fourth-order valence-electron chi connectivity index (χ4n) is 2.23. The maximum atomic E-state index is 12.2. The van der Waals surface area contributed by atoms with Crippen LogP contribution in [0.5, 0.6) is 5.75 Å². The Morgan fingerprint density at radius 1 is 1.10 bits per heavy atom. The van der Waals surface area contributed by atoms with Gasteiger partial charge in [-0.2, -0.15) is 0 Å². The van der Waals surface area contributed by atoms with Gasteiger partial charge < -0.3 is 5.11 Å². The van der Waals surface area contributed by atoms with Crippen molar-refractivity contribution in [2.45, 2.75) is 18.7 Å². The monoisotopic (exact) mass is 298 g/mol. The first-order valence-electron chi connectivity index (χ1n) is 6.68. The van der Waals surface area contributed by atoms with Crippen LogP contribution in [0.3, 0.4) is 0 Å². The maximum Gasteiger partial charge on any atom is 0.185 e. The predicted molar refractivity (Wildman–Crippen MR) is 89.2 cm³/mol. The van der Waals surface area contributed by atoms with Gasteiger partial charge in [0.2, 0.25) is 0 Å². The number of carbonyl (C=O) groups is 1. The lowest BCUT2D eigenvalue weighted by Gasteiger charge is -2.06. The van der Waals surface area contributed by atoms with Crippen LogP contribution in [0, 0.1) is 13.8 Å². The summed E-state index contributed by atoms with van der Waals surface area (Å²) in [5.41, 5.74) is 3.56. The molecule has 0 fully saturated rings. The topological polar surface area (TPSA) is 37.3 Å². The van der Waals surface area contributed by atoms with Gasteiger partial charge in [0, 0.05) is 10.5 Å². The van der Waals surface area contributed by atoms with E-state index < -0.39 is 0 Å². The number of hydrogen-bond donors (Lipinski definition) is 1. The SMILES string of the molecule is CSc1ccc(C(=O)/C=C/c2c(C)cc(O)cc2C)cc1. The second-order valence-corrected chi connectivity index (χ2v) is 5.80. The van der Waals surface area contributed by atoms with Gasteiger partial charge in [0.05, 0.1) is 0 Å². The summed E-state index contributed by atoms with van der Waals surface area (Å²) in [6, 6.07) is 11.0. The first-order valence-corrected chi connectivity index (χ1v) is 7.90. The number of aromatic hydroxyl groups is 1. The van der Waals surface area contributed by atoms with Crippen LogP contribution in [0.15, 0.2) is 47.4 Å². The molecule has 0 aromatic heterocycles. The molecule has 0 unspecified atom stereocenters. The van der Waals surface area contributed by atoms with E-state index in [9.17, 15) is 9.90 Å². The van der Waals surface area contributed by atoms with Crippen LogP contribution in [0.2, 0.25) is 0 Å². The lowest BCUT2D eigenvalue weighted by atomic mass is 10.0. The fraction of sp³-hybridized carbons (Fsp3) is 0.167. The number of aryl methyl sites for hydroxylation is 2. The summed E-state index contributed by atoms with van der Waals surface area (Å²) in [5, 5.41) is 9.53. The molecule has 2 aromatic carbocycles. The molecule has 0 heterocycles. The standard InChI is InChI=1S/C18H18O2S/c1-12-10-15(19)11-13(2)17(12)8-9-18(20)14-4-6-16(21-3)7-5-14/h4-11,19H,1-3H3/b9-8+. The first-order chi connectivity index (χ1) is 10.0. The third-order valence-corrected chi connectivity index (χ3v) is 4.10. The third kappa shape index (κ3) is 3.76. The summed E-state index contributed by atoms with van der Waals surface area (Å²) in [6.07, 6.45) is 5.41. The van der Waals surface area contributed by atoms with Crippen LogP contribution in [-0.2, 0) is 0 Å². The van der Waals surface area contributed by atoms with E-state index in [0.29, 0.717) is 5.56 Å². The van der Waals surface area contributed by atoms with Crippen molar-refractivity contribution in [2.75, 3.05) is 6.26 Å². The summed E-state index contributed by atoms with van der Waals surface area (Å²) >= 11 is 1.65. The molecule has 1 N–H and O–H groups in total.